The van der Waals surface area contributed by atoms with E-state index in [2.05, 4.69) is 11.2 Å². The fourth-order valence-electron chi connectivity index (χ4n) is 1.55. The van der Waals surface area contributed by atoms with Crippen LogP contribution in [0.4, 0.5) is 0 Å². The SMILES string of the molecule is C#CCNCc1cc(Cl)c(OCC)c(OCC)c1.Cl. The van der Waals surface area contributed by atoms with Crippen molar-refractivity contribution >= 4 is 24.0 Å². The van der Waals surface area contributed by atoms with Gasteiger partial charge in [-0.15, -0.1) is 18.8 Å². The molecule has 0 aromatic heterocycles. The summed E-state index contributed by atoms with van der Waals surface area (Å²) in [5.41, 5.74) is 1.02. The number of ether oxygens (including phenoxy) is 2. The van der Waals surface area contributed by atoms with Crippen LogP contribution in [-0.4, -0.2) is 19.8 Å². The largest absolute Gasteiger partial charge is 0.490 e. The molecule has 0 spiro atoms. The van der Waals surface area contributed by atoms with Crippen LogP contribution in [0.1, 0.15) is 19.4 Å². The first kappa shape index (κ1) is 17.9. The molecule has 3 nitrogen and oxygen atoms in total. The van der Waals surface area contributed by atoms with E-state index in [0.717, 1.165) is 5.56 Å². The Morgan fingerprint density at radius 1 is 1.26 bits per heavy atom. The van der Waals surface area contributed by atoms with Crippen molar-refractivity contribution in [3.8, 4) is 23.8 Å². The molecule has 106 valence electrons. The van der Waals surface area contributed by atoms with Gasteiger partial charge in [-0.3, -0.25) is 0 Å². The Kier molecular flexibility index (Phi) is 9.24. The van der Waals surface area contributed by atoms with Crippen LogP contribution in [0.25, 0.3) is 0 Å². The van der Waals surface area contributed by atoms with Gasteiger partial charge in [0.1, 0.15) is 0 Å². The molecule has 0 aliphatic carbocycles. The van der Waals surface area contributed by atoms with E-state index in [1.807, 2.05) is 26.0 Å². The molecular weight excluding hydrogens is 285 g/mol. The third-order valence-electron chi connectivity index (χ3n) is 2.21. The summed E-state index contributed by atoms with van der Waals surface area (Å²) in [5, 5.41) is 3.66. The highest BCUT2D eigenvalue weighted by Crippen LogP contribution is 2.36. The van der Waals surface area contributed by atoms with Gasteiger partial charge in [-0.25, -0.2) is 0 Å². The lowest BCUT2D eigenvalue weighted by atomic mass is 10.2. The Balaban J connectivity index is 0.00000324. The molecule has 5 heteroatoms. The summed E-state index contributed by atoms with van der Waals surface area (Å²) >= 11 is 6.19. The molecule has 0 aliphatic rings. The van der Waals surface area contributed by atoms with Crippen LogP contribution < -0.4 is 14.8 Å². The maximum absolute atomic E-state index is 6.19. The van der Waals surface area contributed by atoms with Crippen LogP contribution in [0.15, 0.2) is 12.1 Å². The average Bonchev–Trinajstić information content (AvgIpc) is 2.34. The highest BCUT2D eigenvalue weighted by atomic mass is 35.5. The second kappa shape index (κ2) is 9.80. The minimum atomic E-state index is 0. The molecule has 1 rings (SSSR count). The monoisotopic (exact) mass is 303 g/mol. The topological polar surface area (TPSA) is 30.5 Å². The fraction of sp³-hybridized carbons (Fsp3) is 0.429. The smallest absolute Gasteiger partial charge is 0.179 e. The number of hydrogen-bond acceptors (Lipinski definition) is 3. The van der Waals surface area contributed by atoms with Gasteiger partial charge in [0.2, 0.25) is 0 Å². The van der Waals surface area contributed by atoms with Crippen LogP contribution >= 0.6 is 24.0 Å². The molecule has 0 unspecified atom stereocenters. The quantitative estimate of drug-likeness (QED) is 0.619. The molecule has 0 atom stereocenters. The van der Waals surface area contributed by atoms with Crippen molar-refractivity contribution in [2.24, 2.45) is 0 Å². The first-order valence-electron chi connectivity index (χ1n) is 5.95. The van der Waals surface area contributed by atoms with Crippen LogP contribution in [-0.2, 0) is 6.54 Å². The predicted octanol–water partition coefficient (Wildman–Crippen LogP) is 3.28. The molecule has 0 bridgehead atoms. The minimum absolute atomic E-state index is 0. The van der Waals surface area contributed by atoms with E-state index in [9.17, 15) is 0 Å². The molecule has 19 heavy (non-hydrogen) atoms. The molecule has 0 aliphatic heterocycles. The van der Waals surface area contributed by atoms with Crippen molar-refractivity contribution in [3.63, 3.8) is 0 Å². The van der Waals surface area contributed by atoms with Crippen molar-refractivity contribution in [2.45, 2.75) is 20.4 Å². The van der Waals surface area contributed by atoms with Gasteiger partial charge < -0.3 is 14.8 Å². The molecule has 1 aromatic rings. The zero-order valence-electron chi connectivity index (χ0n) is 11.2. The second-order valence-corrected chi connectivity index (χ2v) is 3.99. The lowest BCUT2D eigenvalue weighted by Crippen LogP contribution is -2.13. The molecule has 0 fully saturated rings. The van der Waals surface area contributed by atoms with Gasteiger partial charge in [0.05, 0.1) is 24.8 Å². The molecule has 0 saturated carbocycles. The second-order valence-electron chi connectivity index (χ2n) is 3.58. The summed E-state index contributed by atoms with van der Waals surface area (Å²) in [4.78, 5) is 0. The standard InChI is InChI=1S/C14H18ClNO2.ClH/c1-4-7-16-10-11-8-12(15)14(18-6-3)13(9-11)17-5-2;/h1,8-9,16H,5-7,10H2,2-3H3;1H. The number of nitrogens with one attached hydrogen (secondary N) is 1. The predicted molar refractivity (Wildman–Crippen MR) is 81.6 cm³/mol. The Hall–Kier alpha value is -1.08. The Morgan fingerprint density at radius 3 is 2.53 bits per heavy atom. The van der Waals surface area contributed by atoms with Crippen LogP contribution in [0.5, 0.6) is 11.5 Å². The van der Waals surface area contributed by atoms with Crippen molar-refractivity contribution in [3.05, 3.63) is 22.7 Å². The van der Waals surface area contributed by atoms with E-state index >= 15 is 0 Å². The Morgan fingerprint density at radius 2 is 1.95 bits per heavy atom. The normalized spacial score (nSPS) is 9.37. The third kappa shape index (κ3) is 5.61. The molecule has 0 heterocycles. The van der Waals surface area contributed by atoms with Crippen LogP contribution in [0, 0.1) is 12.3 Å². The van der Waals surface area contributed by atoms with Gasteiger partial charge in [0, 0.05) is 6.54 Å². The maximum Gasteiger partial charge on any atom is 0.179 e. The van der Waals surface area contributed by atoms with Gasteiger partial charge in [0.15, 0.2) is 11.5 Å². The van der Waals surface area contributed by atoms with E-state index in [0.29, 0.717) is 42.8 Å². The summed E-state index contributed by atoms with van der Waals surface area (Å²) in [6, 6.07) is 3.78. The van der Waals surface area contributed by atoms with E-state index < -0.39 is 0 Å². The van der Waals surface area contributed by atoms with Crippen molar-refractivity contribution in [2.75, 3.05) is 19.8 Å². The lowest BCUT2D eigenvalue weighted by molar-refractivity contribution is 0.287. The Bertz CT molecular complexity index is 430. The minimum Gasteiger partial charge on any atom is -0.490 e. The van der Waals surface area contributed by atoms with Crippen molar-refractivity contribution < 1.29 is 9.47 Å². The summed E-state index contributed by atoms with van der Waals surface area (Å²) in [5.74, 6) is 3.79. The molecule has 0 saturated heterocycles. The summed E-state index contributed by atoms with van der Waals surface area (Å²) < 4.78 is 11.0. The highest BCUT2D eigenvalue weighted by Gasteiger charge is 2.11. The van der Waals surface area contributed by atoms with Gasteiger partial charge >= 0.3 is 0 Å². The maximum atomic E-state index is 6.19. The van der Waals surface area contributed by atoms with Crippen LogP contribution in [0.2, 0.25) is 5.02 Å². The zero-order valence-corrected chi connectivity index (χ0v) is 12.7. The van der Waals surface area contributed by atoms with E-state index in [1.54, 1.807) is 0 Å². The number of hydrogen-bond donors (Lipinski definition) is 1. The number of benzene rings is 1. The van der Waals surface area contributed by atoms with Gasteiger partial charge in [-0.1, -0.05) is 17.5 Å². The molecule has 0 radical (unpaired) electrons. The molecule has 0 amide bonds. The summed E-state index contributed by atoms with van der Waals surface area (Å²) in [6.45, 7) is 6.12. The number of rotatable bonds is 7. The average molecular weight is 304 g/mol. The van der Waals surface area contributed by atoms with Gasteiger partial charge in [0.25, 0.3) is 0 Å². The van der Waals surface area contributed by atoms with Gasteiger partial charge in [-0.2, -0.15) is 0 Å². The zero-order chi connectivity index (χ0) is 13.4. The first-order chi connectivity index (χ1) is 8.72. The summed E-state index contributed by atoms with van der Waals surface area (Å²) in [7, 11) is 0. The molecule has 1 aromatic carbocycles. The molecular formula is C14H19Cl2NO2. The van der Waals surface area contributed by atoms with Crippen LogP contribution in [0.3, 0.4) is 0 Å². The Labute approximate surface area is 126 Å². The third-order valence-corrected chi connectivity index (χ3v) is 2.49. The molecule has 1 N–H and O–H groups in total. The fourth-order valence-corrected chi connectivity index (χ4v) is 1.84. The van der Waals surface area contributed by atoms with Gasteiger partial charge in [-0.05, 0) is 31.5 Å². The van der Waals surface area contributed by atoms with E-state index in [4.69, 9.17) is 27.5 Å². The lowest BCUT2D eigenvalue weighted by Gasteiger charge is -2.14. The number of halogens is 2. The number of terminal acetylenes is 1. The van der Waals surface area contributed by atoms with E-state index in [1.165, 1.54) is 0 Å². The highest BCUT2D eigenvalue weighted by molar-refractivity contribution is 6.32. The summed E-state index contributed by atoms with van der Waals surface area (Å²) in [6.07, 6.45) is 5.18. The van der Waals surface area contributed by atoms with E-state index in [-0.39, 0.29) is 12.4 Å². The van der Waals surface area contributed by atoms with Crippen molar-refractivity contribution in [1.29, 1.82) is 0 Å². The first-order valence-corrected chi connectivity index (χ1v) is 6.32. The van der Waals surface area contributed by atoms with Crippen molar-refractivity contribution in [1.82, 2.24) is 5.32 Å².